The second kappa shape index (κ2) is 10.6. The van der Waals surface area contributed by atoms with Crippen molar-refractivity contribution in [2.75, 3.05) is 12.8 Å². The Bertz CT molecular complexity index is 986. The van der Waals surface area contributed by atoms with Gasteiger partial charge in [-0.2, -0.15) is 0 Å². The lowest BCUT2D eigenvalue weighted by Gasteiger charge is -2.36. The largest absolute Gasteiger partial charge is 0.459 e. The van der Waals surface area contributed by atoms with E-state index in [1.54, 1.807) is 17.0 Å². The van der Waals surface area contributed by atoms with E-state index in [9.17, 15) is 18.0 Å². The van der Waals surface area contributed by atoms with E-state index >= 15 is 0 Å². The molecule has 0 saturated carbocycles. The van der Waals surface area contributed by atoms with Crippen LogP contribution in [-0.2, 0) is 37.2 Å². The Morgan fingerprint density at radius 1 is 1.00 bits per heavy atom. The molecule has 1 aliphatic rings. The summed E-state index contributed by atoms with van der Waals surface area (Å²) in [5, 5.41) is 0. The number of amides is 1. The zero-order valence-corrected chi connectivity index (χ0v) is 17.4. The minimum Gasteiger partial charge on any atom is -0.459 e. The minimum atomic E-state index is -3.30. The van der Waals surface area contributed by atoms with Crippen LogP contribution in [0.5, 0.6) is 0 Å². The van der Waals surface area contributed by atoms with Crippen molar-refractivity contribution in [1.29, 1.82) is 0 Å². The molecule has 1 unspecified atom stereocenters. The van der Waals surface area contributed by atoms with Crippen LogP contribution in [0.25, 0.3) is 0 Å². The average Bonchev–Trinajstić information content (AvgIpc) is 3.11. The molecule has 0 spiro atoms. The van der Waals surface area contributed by atoms with Crippen LogP contribution in [0, 0.1) is 0 Å². The molecule has 3 rings (SSSR count). The number of carbonyl (C=O) groups is 2. The number of carbonyl (C=O) groups excluding carboxylic acids is 2. The number of hydrogen-bond donors (Lipinski definition) is 0. The molecule has 1 saturated heterocycles. The molecule has 170 valence electrons. The van der Waals surface area contributed by atoms with E-state index in [4.69, 9.17) is 4.74 Å². The number of ether oxygens (including phenoxy) is 1. The highest BCUT2D eigenvalue weighted by Crippen LogP contribution is 2.35. The summed E-state index contributed by atoms with van der Waals surface area (Å²) < 4.78 is 29.0. The van der Waals surface area contributed by atoms with Gasteiger partial charge < -0.3 is 9.64 Å². The Morgan fingerprint density at radius 2 is 1.61 bits per heavy atom. The van der Waals surface area contributed by atoms with Gasteiger partial charge in [0.25, 0.3) is 0 Å². The number of nitrogens with zero attached hydrogens (tertiary/aromatic N) is 1. The summed E-state index contributed by atoms with van der Waals surface area (Å²) in [6, 6.07) is 15.8. The number of likely N-dealkylation sites (tertiary alicyclic amines) is 1. The number of hydrogen-bond acceptors (Lipinski definition) is 5. The van der Waals surface area contributed by atoms with Gasteiger partial charge in [-0.1, -0.05) is 57.3 Å². The van der Waals surface area contributed by atoms with Crippen molar-refractivity contribution in [1.82, 2.24) is 4.90 Å². The standard InChI is InChI=1S/C22H25NO5S.2CH4/c1-17(24)23-14-6-13-22(23,21(25)28-16-19-7-4-3-5-8-19)15-18-9-11-20(12-10-18)29(2,26)27;;/h3-5,7-12H,6,13-16H2,1-2H3;2*1H4. The maximum absolute atomic E-state index is 13.2. The van der Waals surface area contributed by atoms with Gasteiger partial charge in [-0.25, -0.2) is 13.2 Å². The summed E-state index contributed by atoms with van der Waals surface area (Å²) in [5.41, 5.74) is 0.579. The van der Waals surface area contributed by atoms with E-state index in [-0.39, 0.29) is 38.7 Å². The molecule has 0 N–H and O–H groups in total. The Labute approximate surface area is 186 Å². The molecular weight excluding hydrogens is 414 g/mol. The van der Waals surface area contributed by atoms with Gasteiger partial charge in [0.05, 0.1) is 4.90 Å². The summed E-state index contributed by atoms with van der Waals surface area (Å²) >= 11 is 0. The summed E-state index contributed by atoms with van der Waals surface area (Å²) in [7, 11) is -3.30. The number of benzene rings is 2. The molecule has 1 fully saturated rings. The summed E-state index contributed by atoms with van der Waals surface area (Å²) in [6.45, 7) is 2.09. The molecule has 0 aliphatic carbocycles. The highest BCUT2D eigenvalue weighted by molar-refractivity contribution is 7.90. The van der Waals surface area contributed by atoms with Crippen LogP contribution in [-0.4, -0.2) is 43.5 Å². The SMILES string of the molecule is C.C.CC(=O)N1CCCC1(Cc1ccc(S(C)(=O)=O)cc1)C(=O)OCc1ccccc1. The molecule has 1 aliphatic heterocycles. The van der Waals surface area contributed by atoms with Crippen molar-refractivity contribution in [2.45, 2.75) is 58.1 Å². The van der Waals surface area contributed by atoms with Crippen LogP contribution in [0.2, 0.25) is 0 Å². The van der Waals surface area contributed by atoms with Gasteiger partial charge in [0.1, 0.15) is 12.1 Å². The lowest BCUT2D eigenvalue weighted by molar-refractivity contribution is -0.162. The minimum absolute atomic E-state index is 0. The molecule has 0 bridgehead atoms. The quantitative estimate of drug-likeness (QED) is 0.625. The first-order valence-corrected chi connectivity index (χ1v) is 11.4. The molecule has 7 heteroatoms. The Morgan fingerprint density at radius 3 is 2.16 bits per heavy atom. The number of sulfone groups is 1. The van der Waals surface area contributed by atoms with E-state index in [0.29, 0.717) is 19.4 Å². The topological polar surface area (TPSA) is 80.8 Å². The average molecular weight is 448 g/mol. The molecule has 0 aromatic heterocycles. The van der Waals surface area contributed by atoms with Crippen LogP contribution in [0.1, 0.15) is 45.7 Å². The summed E-state index contributed by atoms with van der Waals surface area (Å²) in [5.74, 6) is -0.604. The van der Waals surface area contributed by atoms with Crippen LogP contribution in [0.15, 0.2) is 59.5 Å². The van der Waals surface area contributed by atoms with E-state index < -0.39 is 21.3 Å². The van der Waals surface area contributed by atoms with Gasteiger partial charge in [-0.3, -0.25) is 4.79 Å². The van der Waals surface area contributed by atoms with Crippen molar-refractivity contribution in [3.8, 4) is 0 Å². The summed E-state index contributed by atoms with van der Waals surface area (Å²) in [6.07, 6.45) is 2.65. The molecule has 31 heavy (non-hydrogen) atoms. The Balaban J connectivity index is 0.00000240. The second-order valence-corrected chi connectivity index (χ2v) is 9.48. The van der Waals surface area contributed by atoms with Crippen molar-refractivity contribution < 1.29 is 22.7 Å². The molecule has 1 heterocycles. The zero-order valence-electron chi connectivity index (χ0n) is 16.6. The smallest absolute Gasteiger partial charge is 0.332 e. The third kappa shape index (κ3) is 5.94. The highest BCUT2D eigenvalue weighted by Gasteiger charge is 2.50. The predicted molar refractivity (Wildman–Crippen MR) is 122 cm³/mol. The van der Waals surface area contributed by atoms with Gasteiger partial charge in [0.15, 0.2) is 9.84 Å². The highest BCUT2D eigenvalue weighted by atomic mass is 32.2. The molecule has 1 amide bonds. The van der Waals surface area contributed by atoms with Crippen LogP contribution in [0.3, 0.4) is 0 Å². The molecule has 0 radical (unpaired) electrons. The van der Waals surface area contributed by atoms with Crippen molar-refractivity contribution in [3.05, 3.63) is 65.7 Å². The van der Waals surface area contributed by atoms with Gasteiger partial charge >= 0.3 is 5.97 Å². The van der Waals surface area contributed by atoms with E-state index in [1.807, 2.05) is 30.3 Å². The third-order valence-corrected chi connectivity index (χ3v) is 6.44. The summed E-state index contributed by atoms with van der Waals surface area (Å²) in [4.78, 5) is 27.2. The molecule has 6 nitrogen and oxygen atoms in total. The van der Waals surface area contributed by atoms with Gasteiger partial charge in [-0.05, 0) is 36.1 Å². The fourth-order valence-corrected chi connectivity index (χ4v) is 4.49. The van der Waals surface area contributed by atoms with Gasteiger partial charge in [0, 0.05) is 26.1 Å². The van der Waals surface area contributed by atoms with Crippen LogP contribution >= 0.6 is 0 Å². The normalized spacial score (nSPS) is 17.9. The van der Waals surface area contributed by atoms with Crippen LogP contribution in [0.4, 0.5) is 0 Å². The first-order valence-electron chi connectivity index (χ1n) is 9.51. The Hall–Kier alpha value is -2.67. The molecular formula is C24H33NO5S. The Kier molecular flexibility index (Phi) is 8.99. The lowest BCUT2D eigenvalue weighted by Crippen LogP contribution is -2.54. The number of rotatable bonds is 6. The van der Waals surface area contributed by atoms with Crippen LogP contribution < -0.4 is 0 Å². The van der Waals surface area contributed by atoms with Gasteiger partial charge in [-0.15, -0.1) is 0 Å². The maximum atomic E-state index is 13.2. The monoisotopic (exact) mass is 447 g/mol. The predicted octanol–water partition coefficient (Wildman–Crippen LogP) is 4.03. The molecule has 2 aromatic carbocycles. The van der Waals surface area contributed by atoms with Crippen molar-refractivity contribution in [2.24, 2.45) is 0 Å². The fourth-order valence-electron chi connectivity index (χ4n) is 3.86. The molecule has 1 atom stereocenters. The first kappa shape index (κ1) is 26.4. The third-order valence-electron chi connectivity index (χ3n) is 5.31. The first-order chi connectivity index (χ1) is 13.7. The zero-order chi connectivity index (χ0) is 21.1. The second-order valence-electron chi connectivity index (χ2n) is 7.46. The van der Waals surface area contributed by atoms with Gasteiger partial charge in [0.2, 0.25) is 5.91 Å². The van der Waals surface area contributed by atoms with E-state index in [1.165, 1.54) is 19.1 Å². The van der Waals surface area contributed by atoms with Crippen molar-refractivity contribution in [3.63, 3.8) is 0 Å². The van der Waals surface area contributed by atoms with Crippen molar-refractivity contribution >= 4 is 21.7 Å². The maximum Gasteiger partial charge on any atom is 0.332 e. The van der Waals surface area contributed by atoms with E-state index in [2.05, 4.69) is 0 Å². The van der Waals surface area contributed by atoms with E-state index in [0.717, 1.165) is 17.4 Å². The fraction of sp³-hybridized carbons (Fsp3) is 0.417. The molecule has 2 aromatic rings. The number of esters is 1. The lowest BCUT2D eigenvalue weighted by atomic mass is 9.88.